The summed E-state index contributed by atoms with van der Waals surface area (Å²) in [5.41, 5.74) is 3.90. The SMILES string of the molecule is Cc1ccc(C(CCN2CCCC2)c2ccccn2)cc1. The van der Waals surface area contributed by atoms with Gasteiger partial charge in [-0.1, -0.05) is 35.9 Å². The predicted molar refractivity (Wildman–Crippen MR) is 87.6 cm³/mol. The molecule has 3 rings (SSSR count). The van der Waals surface area contributed by atoms with Crippen molar-refractivity contribution in [1.29, 1.82) is 0 Å². The van der Waals surface area contributed by atoms with E-state index in [9.17, 15) is 0 Å². The molecule has 1 atom stereocenters. The molecule has 0 radical (unpaired) electrons. The van der Waals surface area contributed by atoms with Gasteiger partial charge in [0.05, 0.1) is 0 Å². The van der Waals surface area contributed by atoms with Gasteiger partial charge in [-0.05, 0) is 63.5 Å². The van der Waals surface area contributed by atoms with Crippen molar-refractivity contribution in [2.24, 2.45) is 0 Å². The molecule has 1 aliphatic rings. The highest BCUT2D eigenvalue weighted by Crippen LogP contribution is 2.27. The van der Waals surface area contributed by atoms with Crippen LogP contribution in [0.15, 0.2) is 48.7 Å². The first-order valence-corrected chi connectivity index (χ1v) is 8.03. The molecular weight excluding hydrogens is 256 g/mol. The van der Waals surface area contributed by atoms with Crippen molar-refractivity contribution in [2.75, 3.05) is 19.6 Å². The topological polar surface area (TPSA) is 16.1 Å². The molecule has 1 saturated heterocycles. The van der Waals surface area contributed by atoms with Crippen LogP contribution in [-0.2, 0) is 0 Å². The van der Waals surface area contributed by atoms with E-state index in [1.54, 1.807) is 0 Å². The van der Waals surface area contributed by atoms with E-state index in [4.69, 9.17) is 0 Å². The van der Waals surface area contributed by atoms with Crippen molar-refractivity contribution in [3.05, 3.63) is 65.5 Å². The predicted octanol–water partition coefficient (Wildman–Crippen LogP) is 4.01. The smallest absolute Gasteiger partial charge is 0.0478 e. The molecule has 0 N–H and O–H groups in total. The lowest BCUT2D eigenvalue weighted by molar-refractivity contribution is 0.326. The maximum Gasteiger partial charge on any atom is 0.0478 e. The summed E-state index contributed by atoms with van der Waals surface area (Å²) in [6.45, 7) is 5.85. The highest BCUT2D eigenvalue weighted by molar-refractivity contribution is 5.30. The Hall–Kier alpha value is -1.67. The molecule has 21 heavy (non-hydrogen) atoms. The molecule has 2 aromatic rings. The molecule has 0 amide bonds. The van der Waals surface area contributed by atoms with Crippen molar-refractivity contribution < 1.29 is 0 Å². The second-order valence-electron chi connectivity index (χ2n) is 6.06. The normalized spacial score (nSPS) is 17.0. The molecule has 2 nitrogen and oxygen atoms in total. The highest BCUT2D eigenvalue weighted by atomic mass is 15.1. The van der Waals surface area contributed by atoms with Crippen LogP contribution in [0.3, 0.4) is 0 Å². The molecule has 1 unspecified atom stereocenters. The molecule has 1 aromatic carbocycles. The molecule has 0 spiro atoms. The summed E-state index contributed by atoms with van der Waals surface area (Å²) in [7, 11) is 0. The van der Waals surface area contributed by atoms with Gasteiger partial charge >= 0.3 is 0 Å². The van der Waals surface area contributed by atoms with Gasteiger partial charge in [0.25, 0.3) is 0 Å². The van der Waals surface area contributed by atoms with Crippen LogP contribution in [0.2, 0.25) is 0 Å². The fourth-order valence-corrected chi connectivity index (χ4v) is 3.18. The van der Waals surface area contributed by atoms with Gasteiger partial charge in [-0.15, -0.1) is 0 Å². The van der Waals surface area contributed by atoms with Gasteiger partial charge in [-0.25, -0.2) is 0 Å². The summed E-state index contributed by atoms with van der Waals surface area (Å²) in [4.78, 5) is 7.19. The van der Waals surface area contributed by atoms with Crippen molar-refractivity contribution in [1.82, 2.24) is 9.88 Å². The van der Waals surface area contributed by atoms with Gasteiger partial charge in [0.2, 0.25) is 0 Å². The van der Waals surface area contributed by atoms with E-state index >= 15 is 0 Å². The third kappa shape index (κ3) is 3.70. The second kappa shape index (κ2) is 6.86. The van der Waals surface area contributed by atoms with E-state index in [-0.39, 0.29) is 0 Å². The maximum absolute atomic E-state index is 4.60. The summed E-state index contributed by atoms with van der Waals surface area (Å²) in [5.74, 6) is 0.410. The van der Waals surface area contributed by atoms with Crippen LogP contribution in [0.5, 0.6) is 0 Å². The lowest BCUT2D eigenvalue weighted by atomic mass is 9.91. The molecule has 0 aliphatic carbocycles. The second-order valence-corrected chi connectivity index (χ2v) is 6.06. The Balaban J connectivity index is 1.78. The Bertz CT molecular complexity index is 542. The molecule has 0 bridgehead atoms. The van der Waals surface area contributed by atoms with E-state index in [0.717, 1.165) is 6.42 Å². The third-order valence-corrected chi connectivity index (χ3v) is 4.46. The van der Waals surface area contributed by atoms with E-state index in [2.05, 4.69) is 53.2 Å². The molecule has 110 valence electrons. The fourth-order valence-electron chi connectivity index (χ4n) is 3.18. The lowest BCUT2D eigenvalue weighted by Crippen LogP contribution is -2.22. The van der Waals surface area contributed by atoms with Crippen LogP contribution in [0.4, 0.5) is 0 Å². The van der Waals surface area contributed by atoms with E-state index in [1.165, 1.54) is 49.3 Å². The first kappa shape index (κ1) is 14.3. The average Bonchev–Trinajstić information content (AvgIpc) is 3.04. The van der Waals surface area contributed by atoms with Crippen LogP contribution >= 0.6 is 0 Å². The summed E-state index contributed by atoms with van der Waals surface area (Å²) < 4.78 is 0. The van der Waals surface area contributed by atoms with E-state index in [0.29, 0.717) is 5.92 Å². The molecule has 2 heterocycles. The van der Waals surface area contributed by atoms with Gasteiger partial charge in [0, 0.05) is 17.8 Å². The number of hydrogen-bond acceptors (Lipinski definition) is 2. The molecule has 1 aliphatic heterocycles. The standard InChI is InChI=1S/C19H24N2/c1-16-7-9-17(10-8-16)18(19-6-2-3-12-20-19)11-15-21-13-4-5-14-21/h2-3,6-10,12,18H,4-5,11,13-15H2,1H3. The number of likely N-dealkylation sites (tertiary alicyclic amines) is 1. The number of rotatable bonds is 5. The Morgan fingerprint density at radius 3 is 2.48 bits per heavy atom. The van der Waals surface area contributed by atoms with Gasteiger partial charge in [0.15, 0.2) is 0 Å². The van der Waals surface area contributed by atoms with E-state index in [1.807, 2.05) is 12.3 Å². The van der Waals surface area contributed by atoms with Crippen LogP contribution in [0, 0.1) is 6.92 Å². The van der Waals surface area contributed by atoms with E-state index < -0.39 is 0 Å². The first-order chi connectivity index (χ1) is 10.3. The highest BCUT2D eigenvalue weighted by Gasteiger charge is 2.18. The zero-order chi connectivity index (χ0) is 14.5. The monoisotopic (exact) mass is 280 g/mol. The molecule has 1 aromatic heterocycles. The Labute approximate surface area is 127 Å². The number of hydrogen-bond donors (Lipinski definition) is 0. The quantitative estimate of drug-likeness (QED) is 0.822. The van der Waals surface area contributed by atoms with Crippen LogP contribution in [0.1, 0.15) is 42.0 Å². The average molecular weight is 280 g/mol. The number of aromatic nitrogens is 1. The molecule has 1 fully saturated rings. The zero-order valence-electron chi connectivity index (χ0n) is 12.8. The van der Waals surface area contributed by atoms with Crippen molar-refractivity contribution in [2.45, 2.75) is 32.1 Å². The largest absolute Gasteiger partial charge is 0.303 e. The minimum absolute atomic E-state index is 0.410. The van der Waals surface area contributed by atoms with Crippen LogP contribution < -0.4 is 0 Å². The zero-order valence-corrected chi connectivity index (χ0v) is 12.8. The summed E-state index contributed by atoms with van der Waals surface area (Å²) in [6.07, 6.45) is 5.78. The Morgan fingerprint density at radius 1 is 1.05 bits per heavy atom. The molecule has 2 heteroatoms. The number of pyridine rings is 1. The van der Waals surface area contributed by atoms with Crippen molar-refractivity contribution in [3.63, 3.8) is 0 Å². The van der Waals surface area contributed by atoms with Gasteiger partial charge in [0.1, 0.15) is 0 Å². The Morgan fingerprint density at radius 2 is 1.81 bits per heavy atom. The molecular formula is C19H24N2. The fraction of sp³-hybridized carbons (Fsp3) is 0.421. The minimum Gasteiger partial charge on any atom is -0.303 e. The van der Waals surface area contributed by atoms with Crippen LogP contribution in [-0.4, -0.2) is 29.5 Å². The van der Waals surface area contributed by atoms with Gasteiger partial charge in [-0.3, -0.25) is 4.98 Å². The summed E-state index contributed by atoms with van der Waals surface area (Å²) in [5, 5.41) is 0. The lowest BCUT2D eigenvalue weighted by Gasteiger charge is -2.21. The summed E-state index contributed by atoms with van der Waals surface area (Å²) >= 11 is 0. The Kier molecular flexibility index (Phi) is 4.66. The number of nitrogens with zero attached hydrogens (tertiary/aromatic N) is 2. The summed E-state index contributed by atoms with van der Waals surface area (Å²) in [6, 6.07) is 15.2. The molecule has 0 saturated carbocycles. The minimum atomic E-state index is 0.410. The van der Waals surface area contributed by atoms with Gasteiger partial charge in [-0.2, -0.15) is 0 Å². The van der Waals surface area contributed by atoms with Gasteiger partial charge < -0.3 is 4.90 Å². The maximum atomic E-state index is 4.60. The van der Waals surface area contributed by atoms with Crippen LogP contribution in [0.25, 0.3) is 0 Å². The van der Waals surface area contributed by atoms with Crippen molar-refractivity contribution >= 4 is 0 Å². The first-order valence-electron chi connectivity index (χ1n) is 8.03. The number of benzene rings is 1. The number of aryl methyl sites for hydroxylation is 1. The third-order valence-electron chi connectivity index (χ3n) is 4.46. The van der Waals surface area contributed by atoms with Crippen molar-refractivity contribution in [3.8, 4) is 0 Å².